The van der Waals surface area contributed by atoms with E-state index >= 15 is 0 Å². The minimum atomic E-state index is -0.780. The van der Waals surface area contributed by atoms with E-state index in [0.29, 0.717) is 12.8 Å². The highest BCUT2D eigenvalue weighted by Crippen LogP contribution is 2.19. The van der Waals surface area contributed by atoms with Crippen LogP contribution in [0.4, 0.5) is 0 Å². The zero-order chi connectivity index (χ0) is 63.3. The summed E-state index contributed by atoms with van der Waals surface area (Å²) in [7, 11) is 0. The normalized spacial score (nSPS) is 12.7. The van der Waals surface area contributed by atoms with E-state index in [9.17, 15) is 14.7 Å². The van der Waals surface area contributed by atoms with E-state index in [0.717, 1.165) is 89.9 Å². The molecule has 0 aromatic carbocycles. The molecule has 0 spiro atoms. The maximum Gasteiger partial charge on any atom is 0.306 e. The monoisotopic (exact) mass is 1230 g/mol. The van der Waals surface area contributed by atoms with Crippen molar-refractivity contribution in [3.8, 4) is 0 Å². The van der Waals surface area contributed by atoms with Crippen LogP contribution in [0.2, 0.25) is 0 Å². The second-order valence-electron chi connectivity index (χ2n) is 26.1. The molecule has 1 unspecified atom stereocenters. The van der Waals surface area contributed by atoms with Gasteiger partial charge in [-0.2, -0.15) is 0 Å². The number of aliphatic hydroxyl groups excluding tert-OH is 1. The van der Waals surface area contributed by atoms with E-state index in [4.69, 9.17) is 9.47 Å². The molecule has 0 amide bonds. The van der Waals surface area contributed by atoms with Crippen molar-refractivity contribution in [2.45, 2.75) is 405 Å². The highest BCUT2D eigenvalue weighted by molar-refractivity contribution is 5.70. The van der Waals surface area contributed by atoms with Crippen molar-refractivity contribution in [3.05, 3.63) is 97.2 Å². The summed E-state index contributed by atoms with van der Waals surface area (Å²) in [6.45, 7) is 4.07. The number of carbonyl (C=O) groups excluding carboxylic acids is 2. The Hall–Kier alpha value is -3.18. The fourth-order valence-corrected chi connectivity index (χ4v) is 11.6. The summed E-state index contributed by atoms with van der Waals surface area (Å²) in [5, 5.41) is 9.72. The first-order valence-corrected chi connectivity index (χ1v) is 38.8. The number of carbonyl (C=O) groups is 2. The summed E-state index contributed by atoms with van der Waals surface area (Å²) in [6.07, 6.45) is 112. The molecule has 1 N–H and O–H groups in total. The Kier molecular flexibility index (Phi) is 75.2. The second kappa shape index (κ2) is 78.1. The lowest BCUT2D eigenvalue weighted by Gasteiger charge is -2.15. The molecule has 0 saturated heterocycles. The van der Waals surface area contributed by atoms with E-state index < -0.39 is 6.10 Å². The quantitative estimate of drug-likeness (QED) is 0.0373. The zero-order valence-corrected chi connectivity index (χ0v) is 58.7. The van der Waals surface area contributed by atoms with Gasteiger partial charge in [-0.25, -0.2) is 0 Å². The lowest BCUT2D eigenvalue weighted by Crippen LogP contribution is -2.28. The van der Waals surface area contributed by atoms with E-state index in [-0.39, 0.29) is 25.2 Å². The van der Waals surface area contributed by atoms with Gasteiger partial charge in [0, 0.05) is 12.8 Å². The van der Waals surface area contributed by atoms with Crippen molar-refractivity contribution >= 4 is 11.9 Å². The molecule has 0 saturated carbocycles. The highest BCUT2D eigenvalue weighted by atomic mass is 16.6. The molecule has 0 bridgehead atoms. The number of ether oxygens (including phenoxy) is 2. The van der Waals surface area contributed by atoms with Gasteiger partial charge in [0.15, 0.2) is 6.10 Å². The third kappa shape index (κ3) is 75.3. The van der Waals surface area contributed by atoms with Crippen LogP contribution < -0.4 is 0 Å². The van der Waals surface area contributed by atoms with Crippen LogP contribution in [0.1, 0.15) is 399 Å². The third-order valence-corrected chi connectivity index (χ3v) is 17.4. The van der Waals surface area contributed by atoms with E-state index in [1.165, 1.54) is 283 Å². The van der Waals surface area contributed by atoms with Gasteiger partial charge in [-0.3, -0.25) is 9.59 Å². The zero-order valence-electron chi connectivity index (χ0n) is 58.7. The number of esters is 2. The topological polar surface area (TPSA) is 72.8 Å². The lowest BCUT2D eigenvalue weighted by molar-refractivity contribution is -0.161. The van der Waals surface area contributed by atoms with Crippen LogP contribution in [0.5, 0.6) is 0 Å². The summed E-state index contributed by atoms with van der Waals surface area (Å²) < 4.78 is 10.8. The molecular weight excluding hydrogens is 1080 g/mol. The molecular formula is C83H148O5. The summed E-state index contributed by atoms with van der Waals surface area (Å²) in [5.41, 5.74) is 0. The van der Waals surface area contributed by atoms with Gasteiger partial charge >= 0.3 is 11.9 Å². The summed E-state index contributed by atoms with van der Waals surface area (Å²) in [6, 6.07) is 0. The molecule has 0 aliphatic heterocycles. The number of unbranched alkanes of at least 4 members (excludes halogenated alkanes) is 48. The molecule has 0 aliphatic rings. The van der Waals surface area contributed by atoms with Crippen molar-refractivity contribution in [3.63, 3.8) is 0 Å². The van der Waals surface area contributed by atoms with Gasteiger partial charge in [0.1, 0.15) is 6.61 Å². The van der Waals surface area contributed by atoms with E-state index in [1.807, 2.05) is 0 Å². The van der Waals surface area contributed by atoms with Crippen molar-refractivity contribution in [2.24, 2.45) is 0 Å². The van der Waals surface area contributed by atoms with Gasteiger partial charge in [-0.1, -0.05) is 406 Å². The number of hydrogen-bond donors (Lipinski definition) is 1. The van der Waals surface area contributed by atoms with Crippen LogP contribution in [0.15, 0.2) is 97.2 Å². The molecule has 0 aromatic heterocycles. The van der Waals surface area contributed by atoms with Gasteiger partial charge in [0.2, 0.25) is 0 Å². The molecule has 0 aliphatic carbocycles. The van der Waals surface area contributed by atoms with Crippen molar-refractivity contribution < 1.29 is 24.2 Å². The van der Waals surface area contributed by atoms with Crippen LogP contribution in [0.3, 0.4) is 0 Å². The smallest absolute Gasteiger partial charge is 0.306 e. The number of aliphatic hydroxyl groups is 1. The van der Waals surface area contributed by atoms with Gasteiger partial charge in [-0.15, -0.1) is 0 Å². The molecule has 5 nitrogen and oxygen atoms in total. The second-order valence-corrected chi connectivity index (χ2v) is 26.1. The molecule has 88 heavy (non-hydrogen) atoms. The summed E-state index contributed by atoms with van der Waals surface area (Å²) >= 11 is 0. The van der Waals surface area contributed by atoms with Gasteiger partial charge in [0.05, 0.1) is 6.61 Å². The predicted octanol–water partition coefficient (Wildman–Crippen LogP) is 27.3. The van der Waals surface area contributed by atoms with Crippen molar-refractivity contribution in [2.75, 3.05) is 13.2 Å². The average Bonchev–Trinajstić information content (AvgIpc) is 3.54. The first-order valence-electron chi connectivity index (χ1n) is 38.8. The van der Waals surface area contributed by atoms with Gasteiger partial charge in [-0.05, 0) is 77.0 Å². The molecule has 510 valence electrons. The Morgan fingerprint density at radius 2 is 0.489 bits per heavy atom. The summed E-state index contributed by atoms with van der Waals surface area (Å²) in [4.78, 5) is 24.7. The largest absolute Gasteiger partial charge is 0.462 e. The van der Waals surface area contributed by atoms with Crippen LogP contribution in [0.25, 0.3) is 0 Å². The fraction of sp³-hybridized carbons (Fsp3) is 0.783. The van der Waals surface area contributed by atoms with Crippen LogP contribution >= 0.6 is 0 Å². The lowest BCUT2D eigenvalue weighted by atomic mass is 10.0. The van der Waals surface area contributed by atoms with E-state index in [1.54, 1.807) is 0 Å². The van der Waals surface area contributed by atoms with Crippen LogP contribution in [-0.2, 0) is 19.1 Å². The molecule has 0 aromatic rings. The first kappa shape index (κ1) is 84.8. The number of hydrogen-bond acceptors (Lipinski definition) is 5. The van der Waals surface area contributed by atoms with Crippen molar-refractivity contribution in [1.82, 2.24) is 0 Å². The van der Waals surface area contributed by atoms with E-state index in [2.05, 4.69) is 111 Å². The molecule has 0 radical (unpaired) electrons. The third-order valence-electron chi connectivity index (χ3n) is 17.4. The molecule has 0 heterocycles. The highest BCUT2D eigenvalue weighted by Gasteiger charge is 2.16. The minimum absolute atomic E-state index is 0.0675. The van der Waals surface area contributed by atoms with Crippen molar-refractivity contribution in [1.29, 1.82) is 0 Å². The Labute approximate surface area is 548 Å². The maximum atomic E-state index is 12.4. The molecule has 1 atom stereocenters. The Bertz CT molecular complexity index is 1630. The minimum Gasteiger partial charge on any atom is -0.462 e. The van der Waals surface area contributed by atoms with Crippen LogP contribution in [0, 0.1) is 0 Å². The average molecular weight is 1230 g/mol. The molecule has 0 fully saturated rings. The SMILES string of the molecule is CC/C=C\C/C=C\C/C=C\C/C=C\C/C=C\C/C=C\C/C=C\C/C=C\CCCCCCCCCCCCC(=O)OC(CO)COC(=O)CCCCCCCCCCCCCCCCCCCCCCCCCCCCCCCCCCCCCCCCC. The maximum absolute atomic E-state index is 12.4. The number of rotatable bonds is 72. The van der Waals surface area contributed by atoms with Crippen LogP contribution in [-0.4, -0.2) is 36.4 Å². The summed E-state index contributed by atoms with van der Waals surface area (Å²) in [5.74, 6) is -0.582. The van der Waals surface area contributed by atoms with Gasteiger partial charge in [0.25, 0.3) is 0 Å². The molecule has 5 heteroatoms. The first-order chi connectivity index (χ1) is 43.6. The molecule has 0 rings (SSSR count). The van der Waals surface area contributed by atoms with Gasteiger partial charge < -0.3 is 14.6 Å². The predicted molar refractivity (Wildman–Crippen MR) is 389 cm³/mol. The Morgan fingerprint density at radius 1 is 0.273 bits per heavy atom. The standard InChI is InChI=1S/C83H148O5/c1-3-5-7-9-11-13-15-17-19-21-23-25-27-29-31-33-35-37-39-40-41-42-44-45-47-49-51-53-55-57-59-61-63-65-67-69-71-73-75-77-82(85)87-80-81(79-84)88-83(86)78-76-74-72-70-68-66-64-62-60-58-56-54-52-50-48-46-43-38-36-34-32-30-28-26-24-22-20-18-16-14-12-10-8-6-4-2/h6,8,12,14,18,20,24,26,30,32,36,38,46,48,52,54,81,84H,3-5,7,9-11,13,15-17,19,21-23,25,27-29,31,33-35,37,39-45,47,49-51,53,55-80H2,1-2H3/b8-6-,14-12-,20-18-,26-24-,32-30-,38-36-,48-46-,54-52-. The Balaban J connectivity index is 3.43. The fourth-order valence-electron chi connectivity index (χ4n) is 11.6. The number of allylic oxidation sites excluding steroid dienone is 16. The Morgan fingerprint density at radius 3 is 0.739 bits per heavy atom.